The van der Waals surface area contributed by atoms with Gasteiger partial charge in [0.2, 0.25) is 5.91 Å². The third kappa shape index (κ3) is 7.75. The maximum atomic E-state index is 11.3. The number of carbonyl (C=O) groups is 2. The van der Waals surface area contributed by atoms with Gasteiger partial charge in [-0.2, -0.15) is 0 Å². The fraction of sp³-hybridized carbons (Fsp3) is 0.778. The molecule has 0 aromatic heterocycles. The highest BCUT2D eigenvalue weighted by atomic mass is 16.2. The minimum atomic E-state index is -0.601. The average Bonchev–Trinajstić information content (AvgIpc) is 2.10. The predicted molar refractivity (Wildman–Crippen MR) is 58.0 cm³/mol. The van der Waals surface area contributed by atoms with E-state index in [-0.39, 0.29) is 5.91 Å². The molecule has 15 heavy (non-hydrogen) atoms. The van der Waals surface area contributed by atoms with Gasteiger partial charge in [-0.15, -0.1) is 0 Å². The SMILES string of the molecule is CC(C)C[C@@H](N)C(=O)NCCNC(N)=O. The van der Waals surface area contributed by atoms with Crippen molar-refractivity contribution in [2.24, 2.45) is 17.4 Å². The lowest BCUT2D eigenvalue weighted by Crippen LogP contribution is -2.44. The molecule has 0 aromatic rings. The molecule has 1 atom stereocenters. The highest BCUT2D eigenvalue weighted by molar-refractivity contribution is 5.81. The van der Waals surface area contributed by atoms with Gasteiger partial charge in [0.25, 0.3) is 0 Å². The molecule has 0 unspecified atom stereocenters. The Bertz CT molecular complexity index is 218. The van der Waals surface area contributed by atoms with Crippen LogP contribution in [0.5, 0.6) is 0 Å². The number of nitrogens with one attached hydrogen (secondary N) is 2. The Hall–Kier alpha value is -1.30. The Morgan fingerprint density at radius 2 is 1.73 bits per heavy atom. The first-order valence-corrected chi connectivity index (χ1v) is 5.00. The molecule has 6 nitrogen and oxygen atoms in total. The van der Waals surface area contributed by atoms with Gasteiger partial charge in [-0.05, 0) is 12.3 Å². The van der Waals surface area contributed by atoms with Crippen LogP contribution in [0.2, 0.25) is 0 Å². The van der Waals surface area contributed by atoms with Crippen LogP contribution in [0.15, 0.2) is 0 Å². The summed E-state index contributed by atoms with van der Waals surface area (Å²) in [5.41, 5.74) is 10.5. The van der Waals surface area contributed by atoms with E-state index in [0.717, 1.165) is 0 Å². The highest BCUT2D eigenvalue weighted by Crippen LogP contribution is 2.01. The van der Waals surface area contributed by atoms with Gasteiger partial charge in [0.15, 0.2) is 0 Å². The highest BCUT2D eigenvalue weighted by Gasteiger charge is 2.13. The summed E-state index contributed by atoms with van der Waals surface area (Å²) in [6.07, 6.45) is 0.648. The zero-order valence-electron chi connectivity index (χ0n) is 9.25. The van der Waals surface area contributed by atoms with Crippen LogP contribution in [0.3, 0.4) is 0 Å². The molecule has 0 heterocycles. The van der Waals surface area contributed by atoms with Crippen LogP contribution in [0.4, 0.5) is 4.79 Å². The van der Waals surface area contributed by atoms with E-state index in [4.69, 9.17) is 11.5 Å². The summed E-state index contributed by atoms with van der Waals surface area (Å²) in [7, 11) is 0. The summed E-state index contributed by atoms with van der Waals surface area (Å²) < 4.78 is 0. The van der Waals surface area contributed by atoms with Crippen LogP contribution in [0.1, 0.15) is 20.3 Å². The first-order valence-electron chi connectivity index (χ1n) is 5.00. The zero-order valence-corrected chi connectivity index (χ0v) is 9.25. The van der Waals surface area contributed by atoms with E-state index in [1.807, 2.05) is 13.8 Å². The molecule has 0 rings (SSSR count). The Labute approximate surface area is 89.8 Å². The normalized spacial score (nSPS) is 12.3. The first kappa shape index (κ1) is 13.7. The number of hydrogen-bond acceptors (Lipinski definition) is 3. The van der Waals surface area contributed by atoms with Crippen molar-refractivity contribution < 1.29 is 9.59 Å². The van der Waals surface area contributed by atoms with Crippen molar-refractivity contribution in [2.75, 3.05) is 13.1 Å². The lowest BCUT2D eigenvalue weighted by atomic mass is 10.0. The molecule has 0 saturated carbocycles. The second kappa shape index (κ2) is 7.05. The standard InChI is InChI=1S/C9H20N4O2/c1-6(2)5-7(10)8(14)12-3-4-13-9(11)15/h6-7H,3-5,10H2,1-2H3,(H,12,14)(H3,11,13,15)/t7-/m1/s1. The predicted octanol–water partition coefficient (Wildman–Crippen LogP) is -0.856. The monoisotopic (exact) mass is 216 g/mol. The molecule has 3 amide bonds. The number of carbonyl (C=O) groups excluding carboxylic acids is 2. The topological polar surface area (TPSA) is 110 Å². The van der Waals surface area contributed by atoms with Gasteiger partial charge < -0.3 is 22.1 Å². The number of hydrogen-bond donors (Lipinski definition) is 4. The molecule has 0 fully saturated rings. The van der Waals surface area contributed by atoms with Crippen LogP contribution >= 0.6 is 0 Å². The molecule has 6 N–H and O–H groups in total. The molecule has 0 saturated heterocycles. The Morgan fingerprint density at radius 3 is 2.20 bits per heavy atom. The Kier molecular flexibility index (Phi) is 6.44. The second-order valence-corrected chi connectivity index (χ2v) is 3.82. The molecule has 0 aromatic carbocycles. The van der Waals surface area contributed by atoms with Crippen LogP contribution in [0, 0.1) is 5.92 Å². The van der Waals surface area contributed by atoms with E-state index >= 15 is 0 Å². The van der Waals surface area contributed by atoms with E-state index < -0.39 is 12.1 Å². The van der Waals surface area contributed by atoms with Gasteiger partial charge in [0.05, 0.1) is 6.04 Å². The molecule has 0 spiro atoms. The van der Waals surface area contributed by atoms with Crippen LogP contribution in [0.25, 0.3) is 0 Å². The van der Waals surface area contributed by atoms with Crippen molar-refractivity contribution in [2.45, 2.75) is 26.3 Å². The van der Waals surface area contributed by atoms with Crippen molar-refractivity contribution >= 4 is 11.9 Å². The summed E-state index contributed by atoms with van der Waals surface area (Å²) >= 11 is 0. The number of primary amides is 1. The summed E-state index contributed by atoms with van der Waals surface area (Å²) in [6.45, 7) is 4.66. The molecular formula is C9H20N4O2. The minimum absolute atomic E-state index is 0.199. The molecule has 0 aliphatic rings. The summed E-state index contributed by atoms with van der Waals surface area (Å²) in [6, 6.07) is -1.09. The smallest absolute Gasteiger partial charge is 0.312 e. The van der Waals surface area contributed by atoms with Crippen molar-refractivity contribution in [1.29, 1.82) is 0 Å². The molecule has 0 bridgehead atoms. The van der Waals surface area contributed by atoms with Crippen molar-refractivity contribution in [3.05, 3.63) is 0 Å². The zero-order chi connectivity index (χ0) is 11.8. The van der Waals surface area contributed by atoms with E-state index in [9.17, 15) is 9.59 Å². The third-order valence-electron chi connectivity index (χ3n) is 1.79. The molecule has 0 radical (unpaired) electrons. The van der Waals surface area contributed by atoms with E-state index in [1.54, 1.807) is 0 Å². The number of rotatable bonds is 6. The van der Waals surface area contributed by atoms with Crippen LogP contribution in [-0.2, 0) is 4.79 Å². The quantitative estimate of drug-likeness (QED) is 0.434. The van der Waals surface area contributed by atoms with Gasteiger partial charge in [0.1, 0.15) is 0 Å². The maximum absolute atomic E-state index is 11.3. The Balaban J connectivity index is 3.60. The van der Waals surface area contributed by atoms with E-state index in [1.165, 1.54) is 0 Å². The fourth-order valence-corrected chi connectivity index (χ4v) is 1.12. The summed E-state index contributed by atoms with van der Waals surface area (Å²) in [5, 5.41) is 4.97. The first-order chi connectivity index (χ1) is 6.93. The molecule has 6 heteroatoms. The number of nitrogens with two attached hydrogens (primary N) is 2. The average molecular weight is 216 g/mol. The lowest BCUT2D eigenvalue weighted by molar-refractivity contribution is -0.122. The molecule has 0 aliphatic heterocycles. The van der Waals surface area contributed by atoms with Crippen LogP contribution < -0.4 is 22.1 Å². The minimum Gasteiger partial charge on any atom is -0.353 e. The molecular weight excluding hydrogens is 196 g/mol. The number of urea groups is 1. The van der Waals surface area contributed by atoms with Crippen molar-refractivity contribution in [3.63, 3.8) is 0 Å². The van der Waals surface area contributed by atoms with Crippen LogP contribution in [-0.4, -0.2) is 31.1 Å². The van der Waals surface area contributed by atoms with E-state index in [2.05, 4.69) is 10.6 Å². The lowest BCUT2D eigenvalue weighted by Gasteiger charge is -2.13. The maximum Gasteiger partial charge on any atom is 0.312 e. The summed E-state index contributed by atoms with van der Waals surface area (Å²) in [4.78, 5) is 21.6. The van der Waals surface area contributed by atoms with Crippen molar-refractivity contribution in [3.8, 4) is 0 Å². The molecule has 88 valence electrons. The van der Waals surface area contributed by atoms with Crippen molar-refractivity contribution in [1.82, 2.24) is 10.6 Å². The third-order valence-corrected chi connectivity index (χ3v) is 1.79. The van der Waals surface area contributed by atoms with Gasteiger partial charge in [-0.1, -0.05) is 13.8 Å². The van der Waals surface area contributed by atoms with Gasteiger partial charge in [-0.3, -0.25) is 4.79 Å². The van der Waals surface area contributed by atoms with Gasteiger partial charge >= 0.3 is 6.03 Å². The largest absolute Gasteiger partial charge is 0.353 e. The summed E-state index contributed by atoms with van der Waals surface area (Å²) in [5.74, 6) is 0.185. The Morgan fingerprint density at radius 1 is 1.20 bits per heavy atom. The van der Waals surface area contributed by atoms with Gasteiger partial charge in [-0.25, -0.2) is 4.79 Å². The number of amides is 3. The fourth-order valence-electron chi connectivity index (χ4n) is 1.12. The van der Waals surface area contributed by atoms with E-state index in [0.29, 0.717) is 25.4 Å². The molecule has 0 aliphatic carbocycles. The second-order valence-electron chi connectivity index (χ2n) is 3.82. The van der Waals surface area contributed by atoms with Gasteiger partial charge in [0, 0.05) is 13.1 Å².